The van der Waals surface area contributed by atoms with Gasteiger partial charge in [0.25, 0.3) is 0 Å². The first kappa shape index (κ1) is 13.9. The topological polar surface area (TPSA) is 64.4 Å². The number of nitro groups is 1. The molecule has 0 spiro atoms. The van der Waals surface area contributed by atoms with Crippen LogP contribution in [0.4, 0.5) is 10.1 Å². The lowest BCUT2D eigenvalue weighted by molar-refractivity contribution is -0.387. The molecule has 0 saturated heterocycles. The van der Waals surface area contributed by atoms with E-state index in [-0.39, 0.29) is 0 Å². The van der Waals surface area contributed by atoms with Gasteiger partial charge >= 0.3 is 5.69 Å². The standard InChI is InChI=1S/C13H17FN2O3/c1-19-11-4-3-10(7-11)15-8-9-2-5-13(16(17)18)12(14)6-9/h2,5-6,10-11,15H,3-4,7-8H2,1H3. The van der Waals surface area contributed by atoms with E-state index in [0.29, 0.717) is 24.3 Å². The van der Waals surface area contributed by atoms with Crippen molar-refractivity contribution in [1.82, 2.24) is 5.32 Å². The molecule has 19 heavy (non-hydrogen) atoms. The number of benzene rings is 1. The van der Waals surface area contributed by atoms with Gasteiger partial charge in [-0.2, -0.15) is 4.39 Å². The van der Waals surface area contributed by atoms with Crippen molar-refractivity contribution < 1.29 is 14.1 Å². The molecule has 1 fully saturated rings. The van der Waals surface area contributed by atoms with E-state index in [9.17, 15) is 14.5 Å². The molecule has 1 N–H and O–H groups in total. The summed E-state index contributed by atoms with van der Waals surface area (Å²) in [6, 6.07) is 4.37. The van der Waals surface area contributed by atoms with E-state index in [2.05, 4.69) is 5.32 Å². The summed E-state index contributed by atoms with van der Waals surface area (Å²) in [5.74, 6) is -0.787. The van der Waals surface area contributed by atoms with E-state index in [0.717, 1.165) is 19.3 Å². The molecule has 0 aromatic heterocycles. The predicted octanol–water partition coefficient (Wildman–Crippen LogP) is 2.39. The Morgan fingerprint density at radius 2 is 2.32 bits per heavy atom. The lowest BCUT2D eigenvalue weighted by atomic mass is 10.1. The number of hydrogen-bond acceptors (Lipinski definition) is 4. The Kier molecular flexibility index (Phi) is 4.44. The molecule has 2 rings (SSSR count). The van der Waals surface area contributed by atoms with Gasteiger partial charge < -0.3 is 10.1 Å². The van der Waals surface area contributed by atoms with E-state index in [4.69, 9.17) is 4.74 Å². The zero-order chi connectivity index (χ0) is 13.8. The molecule has 5 nitrogen and oxygen atoms in total. The SMILES string of the molecule is COC1CCC(NCc2ccc([N+](=O)[O-])c(F)c2)C1. The molecular weight excluding hydrogens is 251 g/mol. The highest BCUT2D eigenvalue weighted by atomic mass is 19.1. The summed E-state index contributed by atoms with van der Waals surface area (Å²) in [4.78, 5) is 9.79. The number of nitro benzene ring substituents is 1. The Morgan fingerprint density at radius 1 is 1.53 bits per heavy atom. The van der Waals surface area contributed by atoms with Crippen LogP contribution in [0, 0.1) is 15.9 Å². The van der Waals surface area contributed by atoms with E-state index >= 15 is 0 Å². The molecule has 104 valence electrons. The Hall–Kier alpha value is -1.53. The highest BCUT2D eigenvalue weighted by molar-refractivity contribution is 5.34. The van der Waals surface area contributed by atoms with Crippen molar-refractivity contribution in [2.24, 2.45) is 0 Å². The van der Waals surface area contributed by atoms with E-state index < -0.39 is 16.4 Å². The molecule has 1 aromatic rings. The summed E-state index contributed by atoms with van der Waals surface area (Å²) < 4.78 is 18.7. The minimum atomic E-state index is -0.787. The van der Waals surface area contributed by atoms with Gasteiger partial charge in [0.2, 0.25) is 5.82 Å². The van der Waals surface area contributed by atoms with Crippen LogP contribution < -0.4 is 5.32 Å². The van der Waals surface area contributed by atoms with Crippen LogP contribution in [-0.4, -0.2) is 24.2 Å². The van der Waals surface area contributed by atoms with E-state index in [1.54, 1.807) is 13.2 Å². The lowest BCUT2D eigenvalue weighted by Gasteiger charge is -2.12. The Bertz CT molecular complexity index is 467. The lowest BCUT2D eigenvalue weighted by Crippen LogP contribution is -2.26. The average molecular weight is 268 g/mol. The Labute approximate surface area is 110 Å². The molecule has 0 heterocycles. The summed E-state index contributed by atoms with van der Waals surface area (Å²) in [6.45, 7) is 0.510. The van der Waals surface area contributed by atoms with Crippen molar-refractivity contribution in [2.75, 3.05) is 7.11 Å². The fourth-order valence-corrected chi connectivity index (χ4v) is 2.41. The summed E-state index contributed by atoms with van der Waals surface area (Å²) in [6.07, 6.45) is 3.31. The van der Waals surface area contributed by atoms with Gasteiger partial charge in [-0.05, 0) is 30.9 Å². The van der Waals surface area contributed by atoms with Crippen LogP contribution in [0.3, 0.4) is 0 Å². The fourth-order valence-electron chi connectivity index (χ4n) is 2.41. The minimum absolute atomic E-state index is 0.297. The van der Waals surface area contributed by atoms with Crippen molar-refractivity contribution in [3.05, 3.63) is 39.7 Å². The van der Waals surface area contributed by atoms with Gasteiger partial charge in [-0.25, -0.2) is 0 Å². The highest BCUT2D eigenvalue weighted by Crippen LogP contribution is 2.22. The monoisotopic (exact) mass is 268 g/mol. The maximum atomic E-state index is 13.4. The van der Waals surface area contributed by atoms with Gasteiger partial charge in [0.1, 0.15) is 0 Å². The number of ether oxygens (including phenoxy) is 1. The van der Waals surface area contributed by atoms with Crippen LogP contribution in [0.1, 0.15) is 24.8 Å². The third-order valence-corrected chi connectivity index (χ3v) is 3.52. The Morgan fingerprint density at radius 3 is 2.89 bits per heavy atom. The van der Waals surface area contributed by atoms with Crippen molar-refractivity contribution in [2.45, 2.75) is 38.0 Å². The summed E-state index contributed by atoms with van der Waals surface area (Å²) in [5.41, 5.74) is 0.230. The van der Waals surface area contributed by atoms with Crippen LogP contribution in [0.5, 0.6) is 0 Å². The van der Waals surface area contributed by atoms with Crippen LogP contribution >= 0.6 is 0 Å². The summed E-state index contributed by atoms with van der Waals surface area (Å²) in [5, 5.41) is 13.8. The second-order valence-electron chi connectivity index (χ2n) is 4.79. The molecule has 1 aliphatic rings. The van der Waals surface area contributed by atoms with Gasteiger partial charge in [-0.1, -0.05) is 6.07 Å². The van der Waals surface area contributed by atoms with Gasteiger partial charge in [0.15, 0.2) is 0 Å². The number of nitrogens with one attached hydrogen (secondary N) is 1. The zero-order valence-electron chi connectivity index (χ0n) is 10.8. The number of methoxy groups -OCH3 is 1. The third kappa shape index (κ3) is 3.48. The van der Waals surface area contributed by atoms with Crippen LogP contribution in [-0.2, 0) is 11.3 Å². The quantitative estimate of drug-likeness (QED) is 0.658. The molecule has 2 unspecified atom stereocenters. The van der Waals surface area contributed by atoms with E-state index in [1.165, 1.54) is 12.1 Å². The first-order valence-corrected chi connectivity index (χ1v) is 6.29. The molecule has 0 amide bonds. The molecule has 1 aromatic carbocycles. The number of hydrogen-bond donors (Lipinski definition) is 1. The highest BCUT2D eigenvalue weighted by Gasteiger charge is 2.24. The first-order chi connectivity index (χ1) is 9.10. The fraction of sp³-hybridized carbons (Fsp3) is 0.538. The van der Waals surface area contributed by atoms with Gasteiger partial charge in [-0.3, -0.25) is 10.1 Å². The van der Waals surface area contributed by atoms with Crippen LogP contribution in [0.15, 0.2) is 18.2 Å². The second kappa shape index (κ2) is 6.08. The van der Waals surface area contributed by atoms with Crippen molar-refractivity contribution in [3.8, 4) is 0 Å². The van der Waals surface area contributed by atoms with Crippen molar-refractivity contribution in [3.63, 3.8) is 0 Å². The predicted molar refractivity (Wildman–Crippen MR) is 68.3 cm³/mol. The molecule has 0 radical (unpaired) electrons. The molecule has 0 aliphatic heterocycles. The average Bonchev–Trinajstić information content (AvgIpc) is 2.84. The third-order valence-electron chi connectivity index (χ3n) is 3.52. The normalized spacial score (nSPS) is 22.6. The zero-order valence-corrected chi connectivity index (χ0v) is 10.8. The number of nitrogens with zero attached hydrogens (tertiary/aromatic N) is 1. The van der Waals surface area contributed by atoms with Gasteiger partial charge in [0.05, 0.1) is 11.0 Å². The summed E-state index contributed by atoms with van der Waals surface area (Å²) in [7, 11) is 1.71. The number of rotatable bonds is 5. The van der Waals surface area contributed by atoms with Crippen molar-refractivity contribution >= 4 is 5.69 Å². The smallest absolute Gasteiger partial charge is 0.304 e. The maximum Gasteiger partial charge on any atom is 0.304 e. The molecule has 2 atom stereocenters. The van der Waals surface area contributed by atoms with Crippen LogP contribution in [0.25, 0.3) is 0 Å². The Balaban J connectivity index is 1.90. The van der Waals surface area contributed by atoms with Crippen LogP contribution in [0.2, 0.25) is 0 Å². The summed E-state index contributed by atoms with van der Waals surface area (Å²) >= 11 is 0. The molecule has 0 bridgehead atoms. The minimum Gasteiger partial charge on any atom is -0.381 e. The second-order valence-corrected chi connectivity index (χ2v) is 4.79. The largest absolute Gasteiger partial charge is 0.381 e. The molecule has 6 heteroatoms. The molecule has 1 aliphatic carbocycles. The van der Waals surface area contributed by atoms with Crippen molar-refractivity contribution in [1.29, 1.82) is 0 Å². The molecular formula is C13H17FN2O3. The number of halogens is 1. The first-order valence-electron chi connectivity index (χ1n) is 6.29. The van der Waals surface area contributed by atoms with Gasteiger partial charge in [0, 0.05) is 25.8 Å². The van der Waals surface area contributed by atoms with E-state index in [1.807, 2.05) is 0 Å². The maximum absolute atomic E-state index is 13.4. The molecule has 1 saturated carbocycles. The van der Waals surface area contributed by atoms with Gasteiger partial charge in [-0.15, -0.1) is 0 Å².